The highest BCUT2D eigenvalue weighted by molar-refractivity contribution is 5.43. The second kappa shape index (κ2) is 3.64. The highest BCUT2D eigenvalue weighted by Gasteiger charge is 2.54. The average molecular weight is 250 g/mol. The van der Waals surface area contributed by atoms with Gasteiger partial charge < -0.3 is 46.0 Å². The molecule has 0 radical (unpaired) electrons. The van der Waals surface area contributed by atoms with Gasteiger partial charge in [0.25, 0.3) is 0 Å². The summed E-state index contributed by atoms with van der Waals surface area (Å²) in [7, 11) is 0. The number of aliphatic hydroxyl groups is 9. The molecule has 9 heteroatoms. The van der Waals surface area contributed by atoms with E-state index in [2.05, 4.69) is 0 Å². The van der Waals surface area contributed by atoms with E-state index in [4.69, 9.17) is 30.6 Å². The first-order valence-corrected chi connectivity index (χ1v) is 4.12. The molecule has 0 saturated heterocycles. The molecule has 0 aromatic carbocycles. The first-order chi connectivity index (χ1) is 7.65. The molecular formula is C8H10O9. The van der Waals surface area contributed by atoms with Gasteiger partial charge in [0.15, 0.2) is 17.6 Å². The molecular weight excluding hydrogens is 240 g/mol. The molecule has 9 N–H and O–H groups in total. The van der Waals surface area contributed by atoms with Crippen LogP contribution in [0.1, 0.15) is 0 Å². The fourth-order valence-corrected chi connectivity index (χ4v) is 1.28. The highest BCUT2D eigenvalue weighted by Crippen LogP contribution is 2.38. The fourth-order valence-electron chi connectivity index (χ4n) is 1.28. The van der Waals surface area contributed by atoms with E-state index in [1.54, 1.807) is 0 Å². The molecule has 0 bridgehead atoms. The van der Waals surface area contributed by atoms with E-state index in [-0.39, 0.29) is 0 Å². The van der Waals surface area contributed by atoms with Gasteiger partial charge in [0.1, 0.15) is 0 Å². The van der Waals surface area contributed by atoms with Crippen LogP contribution in [0.3, 0.4) is 0 Å². The number of rotatable bonds is 1. The predicted molar refractivity (Wildman–Crippen MR) is 50.4 cm³/mol. The van der Waals surface area contributed by atoms with Crippen molar-refractivity contribution in [2.75, 3.05) is 0 Å². The Kier molecular flexibility index (Phi) is 2.75. The Morgan fingerprint density at radius 2 is 1.41 bits per heavy atom. The zero-order valence-electron chi connectivity index (χ0n) is 8.10. The summed E-state index contributed by atoms with van der Waals surface area (Å²) in [5.74, 6) is -9.31. The van der Waals surface area contributed by atoms with Crippen molar-refractivity contribution in [1.82, 2.24) is 0 Å². The molecule has 0 saturated carbocycles. The van der Waals surface area contributed by atoms with E-state index < -0.39 is 46.4 Å². The lowest BCUT2D eigenvalue weighted by Crippen LogP contribution is -2.50. The zero-order chi connectivity index (χ0) is 13.5. The molecule has 1 aliphatic carbocycles. The van der Waals surface area contributed by atoms with Gasteiger partial charge >= 0.3 is 5.95 Å². The molecule has 17 heavy (non-hydrogen) atoms. The van der Waals surface area contributed by atoms with Crippen LogP contribution < -0.4 is 0 Å². The van der Waals surface area contributed by atoms with Gasteiger partial charge in [-0.05, 0) is 0 Å². The molecule has 0 amide bonds. The van der Waals surface area contributed by atoms with Gasteiger partial charge in [0, 0.05) is 0 Å². The predicted octanol–water partition coefficient (Wildman–Crippen LogP) is -0.410. The summed E-state index contributed by atoms with van der Waals surface area (Å²) >= 11 is 0. The van der Waals surface area contributed by atoms with Gasteiger partial charge in [0.2, 0.25) is 22.9 Å². The molecule has 1 aliphatic rings. The third-order valence-corrected chi connectivity index (χ3v) is 2.28. The fraction of sp³-hybridized carbons (Fsp3) is 0.250. The van der Waals surface area contributed by atoms with Crippen molar-refractivity contribution in [1.29, 1.82) is 0 Å². The number of hydrogen-bond acceptors (Lipinski definition) is 9. The Morgan fingerprint density at radius 3 is 1.82 bits per heavy atom. The Morgan fingerprint density at radius 1 is 0.941 bits per heavy atom. The minimum absolute atomic E-state index is 1.33. The summed E-state index contributed by atoms with van der Waals surface area (Å²) in [6, 6.07) is 0. The van der Waals surface area contributed by atoms with Crippen LogP contribution in [0.15, 0.2) is 34.7 Å². The molecule has 0 heterocycles. The van der Waals surface area contributed by atoms with Crippen molar-refractivity contribution >= 4 is 0 Å². The third kappa shape index (κ3) is 1.48. The van der Waals surface area contributed by atoms with E-state index in [0.29, 0.717) is 0 Å². The zero-order valence-corrected chi connectivity index (χ0v) is 8.10. The molecule has 0 spiro atoms. The van der Waals surface area contributed by atoms with E-state index in [9.17, 15) is 15.3 Å². The molecule has 0 fully saturated rings. The van der Waals surface area contributed by atoms with Crippen LogP contribution in [-0.4, -0.2) is 57.7 Å². The first kappa shape index (κ1) is 12.8. The maximum atomic E-state index is 9.65. The van der Waals surface area contributed by atoms with Gasteiger partial charge in [0.05, 0.1) is 0 Å². The van der Waals surface area contributed by atoms with Crippen molar-refractivity contribution in [2.24, 2.45) is 0 Å². The molecule has 2 atom stereocenters. The van der Waals surface area contributed by atoms with Crippen LogP contribution in [-0.2, 0) is 0 Å². The Labute approximate surface area is 93.4 Å². The van der Waals surface area contributed by atoms with Crippen molar-refractivity contribution in [3.05, 3.63) is 34.7 Å². The monoisotopic (exact) mass is 250 g/mol. The van der Waals surface area contributed by atoms with E-state index in [0.717, 1.165) is 0 Å². The maximum absolute atomic E-state index is 9.65. The van der Waals surface area contributed by atoms with Crippen LogP contribution in [0.4, 0.5) is 0 Å². The number of aliphatic hydroxyl groups excluding tert-OH is 7. The van der Waals surface area contributed by atoms with Crippen molar-refractivity contribution in [2.45, 2.75) is 11.7 Å². The molecule has 9 nitrogen and oxygen atoms in total. The summed E-state index contributed by atoms with van der Waals surface area (Å²) in [4.78, 5) is 0. The summed E-state index contributed by atoms with van der Waals surface area (Å²) < 4.78 is 0. The number of hydrogen-bond donors (Lipinski definition) is 9. The van der Waals surface area contributed by atoms with E-state index in [1.165, 1.54) is 0 Å². The lowest BCUT2D eigenvalue weighted by molar-refractivity contribution is -0.0862. The van der Waals surface area contributed by atoms with Gasteiger partial charge in [-0.2, -0.15) is 0 Å². The Balaban J connectivity index is 3.54. The minimum Gasteiger partial charge on any atom is -0.506 e. The van der Waals surface area contributed by atoms with Crippen molar-refractivity contribution < 1.29 is 46.0 Å². The molecule has 96 valence electrons. The second-order valence-electron chi connectivity index (χ2n) is 3.27. The molecule has 1 rings (SSSR count). The van der Waals surface area contributed by atoms with Crippen LogP contribution in [0.2, 0.25) is 0 Å². The average Bonchev–Trinajstić information content (AvgIpc) is 2.30. The van der Waals surface area contributed by atoms with Gasteiger partial charge in [-0.3, -0.25) is 0 Å². The van der Waals surface area contributed by atoms with E-state index in [1.807, 2.05) is 0 Å². The van der Waals surface area contributed by atoms with Crippen LogP contribution in [0.25, 0.3) is 0 Å². The Hall–Kier alpha value is -2.26. The van der Waals surface area contributed by atoms with Gasteiger partial charge in [-0.25, -0.2) is 0 Å². The molecule has 0 aromatic rings. The van der Waals surface area contributed by atoms with Gasteiger partial charge in [-0.15, -0.1) is 0 Å². The lowest BCUT2D eigenvalue weighted by atomic mass is 9.85. The highest BCUT2D eigenvalue weighted by atomic mass is 16.5. The SMILES string of the molecule is OC(O)=C(O)C1(O)C(O)=C(O)C(O)=C(O)C1O. The largest absolute Gasteiger partial charge is 0.506 e. The van der Waals surface area contributed by atoms with Crippen LogP contribution in [0.5, 0.6) is 0 Å². The topological polar surface area (TPSA) is 182 Å². The van der Waals surface area contributed by atoms with Crippen LogP contribution in [0, 0.1) is 0 Å². The van der Waals surface area contributed by atoms with Crippen molar-refractivity contribution in [3.63, 3.8) is 0 Å². The third-order valence-electron chi connectivity index (χ3n) is 2.28. The maximum Gasteiger partial charge on any atom is 0.317 e. The summed E-state index contributed by atoms with van der Waals surface area (Å²) in [5.41, 5.74) is -3.29. The first-order valence-electron chi connectivity index (χ1n) is 4.12. The lowest BCUT2D eigenvalue weighted by Gasteiger charge is -2.33. The van der Waals surface area contributed by atoms with Gasteiger partial charge in [-0.1, -0.05) is 0 Å². The molecule has 0 aliphatic heterocycles. The molecule has 2 unspecified atom stereocenters. The molecule has 0 aromatic heterocycles. The minimum atomic E-state index is -3.29. The summed E-state index contributed by atoms with van der Waals surface area (Å²) in [6.07, 6.45) is -2.52. The normalized spacial score (nSPS) is 29.4. The Bertz CT molecular complexity index is 442. The smallest absolute Gasteiger partial charge is 0.317 e. The summed E-state index contributed by atoms with van der Waals surface area (Å²) in [6.45, 7) is 0. The van der Waals surface area contributed by atoms with Crippen molar-refractivity contribution in [3.8, 4) is 0 Å². The standard InChI is InChI=1S/C8H10O9/c9-1-2(10)4(12)8(17,5(13)3(1)11)6(14)7(15)16/h4,9-17H. The second-order valence-corrected chi connectivity index (χ2v) is 3.27. The van der Waals surface area contributed by atoms with Crippen LogP contribution >= 0.6 is 0 Å². The van der Waals surface area contributed by atoms with E-state index >= 15 is 0 Å². The quantitative estimate of drug-likeness (QED) is 0.279. The summed E-state index contributed by atoms with van der Waals surface area (Å²) in [5, 5.41) is 81.7.